The van der Waals surface area contributed by atoms with E-state index in [0.717, 1.165) is 5.69 Å². The molecule has 1 amide bonds. The third-order valence-corrected chi connectivity index (χ3v) is 4.37. The maximum Gasteiger partial charge on any atom is 0.410 e. The topological polar surface area (TPSA) is 101 Å². The first kappa shape index (κ1) is 20.1. The van der Waals surface area contributed by atoms with Gasteiger partial charge in [-0.15, -0.1) is 5.10 Å². The maximum absolute atomic E-state index is 12.4. The molecule has 10 nitrogen and oxygen atoms in total. The SMILES string of the molecule is C[C@@H]1CN(c2cnc(Cl)nc2Nc2cn(C)nn2)CCN1C(=O)OC(C)(C)C. The van der Waals surface area contributed by atoms with Gasteiger partial charge < -0.3 is 19.9 Å². The number of anilines is 3. The lowest BCUT2D eigenvalue weighted by Crippen LogP contribution is -2.55. The maximum atomic E-state index is 12.4. The number of piperazine rings is 1. The van der Waals surface area contributed by atoms with Gasteiger partial charge in [-0.1, -0.05) is 5.21 Å². The first-order valence-corrected chi connectivity index (χ1v) is 9.40. The van der Waals surface area contributed by atoms with Crippen LogP contribution in [-0.4, -0.2) is 67.2 Å². The zero-order valence-electron chi connectivity index (χ0n) is 16.7. The first-order valence-electron chi connectivity index (χ1n) is 9.03. The normalized spacial score (nSPS) is 17.6. The Kier molecular flexibility index (Phi) is 5.59. The van der Waals surface area contributed by atoms with E-state index in [0.29, 0.717) is 31.3 Å². The van der Waals surface area contributed by atoms with Crippen molar-refractivity contribution in [3.05, 3.63) is 17.7 Å². The summed E-state index contributed by atoms with van der Waals surface area (Å²) >= 11 is 5.99. The number of carbonyl (C=O) groups excluding carboxylic acids is 1. The van der Waals surface area contributed by atoms with Crippen LogP contribution in [0.4, 0.5) is 22.1 Å². The third kappa shape index (κ3) is 4.80. The van der Waals surface area contributed by atoms with Crippen molar-refractivity contribution in [1.82, 2.24) is 29.9 Å². The van der Waals surface area contributed by atoms with Gasteiger partial charge in [-0.2, -0.15) is 4.98 Å². The van der Waals surface area contributed by atoms with Crippen molar-refractivity contribution in [1.29, 1.82) is 0 Å². The minimum Gasteiger partial charge on any atom is -0.444 e. The Morgan fingerprint density at radius 3 is 2.71 bits per heavy atom. The van der Waals surface area contributed by atoms with Gasteiger partial charge in [0.05, 0.1) is 18.1 Å². The molecular formula is C17H25ClN8O2. The molecule has 2 aromatic heterocycles. The molecule has 2 aromatic rings. The molecule has 152 valence electrons. The van der Waals surface area contributed by atoms with E-state index in [2.05, 4.69) is 30.5 Å². The fraction of sp³-hybridized carbons (Fsp3) is 0.588. The van der Waals surface area contributed by atoms with Crippen LogP contribution in [0.1, 0.15) is 27.7 Å². The summed E-state index contributed by atoms with van der Waals surface area (Å²) in [5.41, 5.74) is 0.261. The van der Waals surface area contributed by atoms with Gasteiger partial charge in [-0.25, -0.2) is 9.78 Å². The van der Waals surface area contributed by atoms with Gasteiger partial charge in [0.15, 0.2) is 11.6 Å². The van der Waals surface area contributed by atoms with E-state index in [1.807, 2.05) is 27.7 Å². The zero-order valence-corrected chi connectivity index (χ0v) is 17.4. The van der Waals surface area contributed by atoms with Crippen LogP contribution >= 0.6 is 11.6 Å². The largest absolute Gasteiger partial charge is 0.444 e. The Hall–Kier alpha value is -2.62. The Morgan fingerprint density at radius 1 is 1.36 bits per heavy atom. The van der Waals surface area contributed by atoms with E-state index in [1.165, 1.54) is 0 Å². The summed E-state index contributed by atoms with van der Waals surface area (Å²) in [6.07, 6.45) is 3.11. The molecule has 1 fully saturated rings. The molecule has 0 aromatic carbocycles. The highest BCUT2D eigenvalue weighted by atomic mass is 35.5. The Labute approximate surface area is 168 Å². The number of ether oxygens (including phenoxy) is 1. The van der Waals surface area contributed by atoms with Crippen molar-refractivity contribution >= 4 is 35.0 Å². The molecule has 1 saturated heterocycles. The number of aromatic nitrogens is 5. The average molecular weight is 409 g/mol. The predicted molar refractivity (Wildman–Crippen MR) is 106 cm³/mol. The Bertz CT molecular complexity index is 850. The van der Waals surface area contributed by atoms with Crippen molar-refractivity contribution in [3.8, 4) is 0 Å². The molecule has 0 radical (unpaired) electrons. The summed E-state index contributed by atoms with van der Waals surface area (Å²) in [5.74, 6) is 1.09. The van der Waals surface area contributed by atoms with Crippen molar-refractivity contribution in [2.24, 2.45) is 7.05 Å². The van der Waals surface area contributed by atoms with Crippen LogP contribution in [0.3, 0.4) is 0 Å². The standard InChI is InChI=1S/C17H25ClN8O2/c1-11-9-25(6-7-26(11)16(27)28-17(2,3)4)12-8-19-15(18)21-14(12)20-13-10-24(5)23-22-13/h8,10-11H,6-7,9H2,1-5H3,(H,19,20,21)/t11-/m1/s1. The number of hydrogen-bond acceptors (Lipinski definition) is 8. The van der Waals surface area contributed by atoms with Crippen LogP contribution in [0.25, 0.3) is 0 Å². The number of aryl methyl sites for hydroxylation is 1. The van der Waals surface area contributed by atoms with E-state index in [-0.39, 0.29) is 17.4 Å². The average Bonchev–Trinajstić information content (AvgIpc) is 2.98. The zero-order chi connectivity index (χ0) is 20.5. The number of amides is 1. The molecule has 3 heterocycles. The van der Waals surface area contributed by atoms with Crippen molar-refractivity contribution in [3.63, 3.8) is 0 Å². The smallest absolute Gasteiger partial charge is 0.410 e. The monoisotopic (exact) mass is 408 g/mol. The van der Waals surface area contributed by atoms with Crippen LogP contribution < -0.4 is 10.2 Å². The molecular weight excluding hydrogens is 384 g/mol. The molecule has 1 aliphatic rings. The summed E-state index contributed by atoms with van der Waals surface area (Å²) in [5, 5.41) is 11.2. The van der Waals surface area contributed by atoms with E-state index >= 15 is 0 Å². The molecule has 0 spiro atoms. The van der Waals surface area contributed by atoms with Crippen molar-refractivity contribution < 1.29 is 9.53 Å². The van der Waals surface area contributed by atoms with E-state index < -0.39 is 5.60 Å². The van der Waals surface area contributed by atoms with Crippen LogP contribution in [-0.2, 0) is 11.8 Å². The van der Waals surface area contributed by atoms with Gasteiger partial charge in [0.1, 0.15) is 5.60 Å². The van der Waals surface area contributed by atoms with Gasteiger partial charge in [-0.05, 0) is 39.3 Å². The number of nitrogens with zero attached hydrogens (tertiary/aromatic N) is 7. The lowest BCUT2D eigenvalue weighted by molar-refractivity contribution is 0.0159. The van der Waals surface area contributed by atoms with Gasteiger partial charge >= 0.3 is 6.09 Å². The van der Waals surface area contributed by atoms with Crippen molar-refractivity contribution in [2.45, 2.75) is 39.3 Å². The van der Waals surface area contributed by atoms with Gasteiger partial charge in [0.25, 0.3) is 0 Å². The number of hydrogen-bond donors (Lipinski definition) is 1. The number of nitrogens with one attached hydrogen (secondary N) is 1. The van der Waals surface area contributed by atoms with E-state index in [4.69, 9.17) is 16.3 Å². The molecule has 0 bridgehead atoms. The van der Waals surface area contributed by atoms with Crippen LogP contribution in [0.5, 0.6) is 0 Å². The molecule has 0 aliphatic carbocycles. The highest BCUT2D eigenvalue weighted by Gasteiger charge is 2.32. The number of halogens is 1. The highest BCUT2D eigenvalue weighted by molar-refractivity contribution is 6.28. The fourth-order valence-electron chi connectivity index (χ4n) is 2.97. The van der Waals surface area contributed by atoms with Gasteiger partial charge in [-0.3, -0.25) is 4.68 Å². The molecule has 0 unspecified atom stereocenters. The summed E-state index contributed by atoms with van der Waals surface area (Å²) in [4.78, 5) is 24.7. The molecule has 1 aliphatic heterocycles. The molecule has 1 N–H and O–H groups in total. The minimum atomic E-state index is -0.522. The summed E-state index contributed by atoms with van der Waals surface area (Å²) < 4.78 is 7.10. The molecule has 28 heavy (non-hydrogen) atoms. The number of rotatable bonds is 3. The van der Waals surface area contributed by atoms with E-state index in [9.17, 15) is 4.79 Å². The minimum absolute atomic E-state index is 0.0383. The molecule has 11 heteroatoms. The highest BCUT2D eigenvalue weighted by Crippen LogP contribution is 2.29. The second-order valence-corrected chi connectivity index (χ2v) is 8.08. The van der Waals surface area contributed by atoms with Gasteiger partial charge in [0.2, 0.25) is 5.28 Å². The fourth-order valence-corrected chi connectivity index (χ4v) is 3.10. The Morgan fingerprint density at radius 2 is 2.11 bits per heavy atom. The molecule has 1 atom stereocenters. The quantitative estimate of drug-likeness (QED) is 0.772. The van der Waals surface area contributed by atoms with Crippen molar-refractivity contribution in [2.75, 3.05) is 29.9 Å². The van der Waals surface area contributed by atoms with Gasteiger partial charge in [0, 0.05) is 32.7 Å². The van der Waals surface area contributed by atoms with Crippen LogP contribution in [0, 0.1) is 0 Å². The molecule has 3 rings (SSSR count). The van der Waals surface area contributed by atoms with E-state index in [1.54, 1.807) is 29.0 Å². The van der Waals surface area contributed by atoms with Crippen LogP contribution in [0.2, 0.25) is 5.28 Å². The summed E-state index contributed by atoms with van der Waals surface area (Å²) in [7, 11) is 1.78. The molecule has 0 saturated carbocycles. The summed E-state index contributed by atoms with van der Waals surface area (Å²) in [6, 6.07) is -0.0383. The predicted octanol–water partition coefficient (Wildman–Crippen LogP) is 2.45. The third-order valence-electron chi connectivity index (χ3n) is 4.19. The van der Waals surface area contributed by atoms with Crippen LogP contribution in [0.15, 0.2) is 12.4 Å². The second-order valence-electron chi connectivity index (χ2n) is 7.74. The first-order chi connectivity index (χ1) is 13.1. The second kappa shape index (κ2) is 7.78. The lowest BCUT2D eigenvalue weighted by Gasteiger charge is -2.41. The summed E-state index contributed by atoms with van der Waals surface area (Å²) in [6.45, 7) is 9.33. The Balaban J connectivity index is 1.75. The number of carbonyl (C=O) groups is 1. The lowest BCUT2D eigenvalue weighted by atomic mass is 10.2.